The summed E-state index contributed by atoms with van der Waals surface area (Å²) < 4.78 is 99.6. The monoisotopic (exact) mass is 469 g/mol. The Kier molecular flexibility index (Phi) is 30.6. The SMILES string of the molecule is O=S(=O)([O-])O.O=S(=O)([O-])O.[CH2-]C([CH2-])(CN=[N+]=[N-])COS(=O)(=O)[O-].[Na+].[Na+].[Na+]. The van der Waals surface area contributed by atoms with Crippen LogP contribution in [0.5, 0.6) is 0 Å². The fraction of sp³-hybridized carbons (Fsp3) is 0.600. The second-order valence-corrected chi connectivity index (χ2v) is 6.18. The predicted octanol–water partition coefficient (Wildman–Crippen LogP) is -10.6. The maximum absolute atomic E-state index is 10.0. The molecule has 21 heteroatoms. The molecule has 26 heavy (non-hydrogen) atoms. The van der Waals surface area contributed by atoms with Crippen molar-refractivity contribution >= 4 is 31.2 Å². The smallest absolute Gasteiger partial charge is 0.726 e. The summed E-state index contributed by atoms with van der Waals surface area (Å²) in [5.41, 5.74) is 6.78. The van der Waals surface area contributed by atoms with Crippen molar-refractivity contribution in [2.75, 3.05) is 13.2 Å². The van der Waals surface area contributed by atoms with Crippen LogP contribution in [0, 0.1) is 19.3 Å². The third-order valence-electron chi connectivity index (χ3n) is 0.979. The van der Waals surface area contributed by atoms with E-state index in [1.165, 1.54) is 0 Å². The minimum Gasteiger partial charge on any atom is -0.726 e. The molecule has 0 aliphatic heterocycles. The van der Waals surface area contributed by atoms with Crippen LogP contribution in [0.1, 0.15) is 0 Å². The topological polar surface area (TPSA) is 270 Å². The summed E-state index contributed by atoms with van der Waals surface area (Å²) in [7, 11) is -14.6. The van der Waals surface area contributed by atoms with Crippen molar-refractivity contribution in [3.05, 3.63) is 24.3 Å². The van der Waals surface area contributed by atoms with Gasteiger partial charge < -0.3 is 27.5 Å². The standard InChI is InChI=1S/C5H9N3O4S.3Na.2H2O4S/c1-5(2,3-7-8-6)4-12-13(9,10)11;;;;2*1-5(2,3)4/h1-4H2,(H,9,10,11);;;;2*(H2,1,2,3,4)/q-2;3*+1;;/p-3. The molecule has 0 saturated heterocycles. The largest absolute Gasteiger partial charge is 1.00 e. The molecule has 0 aliphatic carbocycles. The molecule has 0 fully saturated rings. The van der Waals surface area contributed by atoms with Crippen molar-refractivity contribution in [3.8, 4) is 0 Å². The van der Waals surface area contributed by atoms with Gasteiger partial charge in [0.05, 0.1) is 0 Å². The maximum atomic E-state index is 10.0. The summed E-state index contributed by atoms with van der Waals surface area (Å²) >= 11 is 0. The zero-order valence-corrected chi connectivity index (χ0v) is 22.3. The summed E-state index contributed by atoms with van der Waals surface area (Å²) in [6.45, 7) is 6.14. The van der Waals surface area contributed by atoms with Gasteiger partial charge in [-0.1, -0.05) is 5.11 Å². The van der Waals surface area contributed by atoms with Gasteiger partial charge in [0, 0.05) is 11.5 Å². The Morgan fingerprint density at radius 1 is 0.962 bits per heavy atom. The van der Waals surface area contributed by atoms with Gasteiger partial charge in [-0.25, -0.2) is 25.3 Å². The van der Waals surface area contributed by atoms with Gasteiger partial charge in [-0.15, -0.1) is 0 Å². The zero-order valence-electron chi connectivity index (χ0n) is 13.9. The first-order chi connectivity index (χ1) is 9.77. The van der Waals surface area contributed by atoms with Crippen molar-refractivity contribution in [2.45, 2.75) is 0 Å². The molecule has 0 saturated carbocycles. The van der Waals surface area contributed by atoms with Crippen molar-refractivity contribution in [3.63, 3.8) is 0 Å². The van der Waals surface area contributed by atoms with Crippen LogP contribution >= 0.6 is 0 Å². The number of hydrogen-bond donors (Lipinski definition) is 2. The molecule has 0 amide bonds. The van der Waals surface area contributed by atoms with Crippen molar-refractivity contribution in [2.24, 2.45) is 10.5 Å². The molecule has 0 spiro atoms. The molecule has 0 bridgehead atoms. The van der Waals surface area contributed by atoms with Crippen LogP contribution in [0.25, 0.3) is 10.4 Å². The quantitative estimate of drug-likeness (QED) is 0.0722. The maximum Gasteiger partial charge on any atom is 1.00 e. The molecule has 0 radical (unpaired) electrons. The Bertz CT molecular complexity index is 654. The predicted molar refractivity (Wildman–Crippen MR) is 67.5 cm³/mol. The Morgan fingerprint density at radius 2 is 1.23 bits per heavy atom. The van der Waals surface area contributed by atoms with Crippen LogP contribution in [0.3, 0.4) is 0 Å². The Morgan fingerprint density at radius 3 is 1.42 bits per heavy atom. The van der Waals surface area contributed by atoms with E-state index in [1.807, 2.05) is 0 Å². The average Bonchev–Trinajstić information content (AvgIpc) is 2.18. The van der Waals surface area contributed by atoms with E-state index in [0.717, 1.165) is 0 Å². The molecular weight excluding hydrogens is 459 g/mol. The second-order valence-electron chi connectivity index (χ2n) is 3.41. The normalized spacial score (nSPS) is 10.6. The van der Waals surface area contributed by atoms with E-state index in [4.69, 9.17) is 40.6 Å². The van der Waals surface area contributed by atoms with Gasteiger partial charge in [-0.05, 0) is 12.1 Å². The molecule has 140 valence electrons. The molecule has 0 unspecified atom stereocenters. The van der Waals surface area contributed by atoms with Crippen LogP contribution in [0.4, 0.5) is 0 Å². The first kappa shape index (κ1) is 42.1. The Balaban J connectivity index is -0.0000000652. The van der Waals surface area contributed by atoms with Gasteiger partial charge in [0.25, 0.3) is 0 Å². The molecule has 0 atom stereocenters. The molecule has 0 rings (SSSR count). The number of nitrogens with zero attached hydrogens (tertiary/aromatic N) is 3. The van der Waals surface area contributed by atoms with Gasteiger partial charge in [-0.3, -0.25) is 18.7 Å². The molecule has 2 N–H and O–H groups in total. The summed E-state index contributed by atoms with van der Waals surface area (Å²) in [6, 6.07) is 0. The first-order valence-corrected chi connectivity index (χ1v) is 8.51. The first-order valence-electron chi connectivity index (χ1n) is 4.45. The fourth-order valence-corrected chi connectivity index (χ4v) is 0.819. The molecule has 0 aromatic heterocycles. The summed E-state index contributed by atoms with van der Waals surface area (Å²) in [5.74, 6) is 0. The van der Waals surface area contributed by atoms with Crippen LogP contribution in [-0.4, -0.2) is 61.2 Å². The van der Waals surface area contributed by atoms with Crippen LogP contribution < -0.4 is 88.7 Å². The van der Waals surface area contributed by atoms with Gasteiger partial charge >= 0.3 is 88.7 Å². The molecule has 0 aliphatic rings. The van der Waals surface area contributed by atoms with Crippen molar-refractivity contribution in [1.82, 2.24) is 0 Å². The molecule has 0 aromatic rings. The average molecular weight is 469 g/mol. The molecule has 0 heterocycles. The Hall–Kier alpha value is 1.92. The summed E-state index contributed by atoms with van der Waals surface area (Å²) in [5, 5.41) is 3.12. The van der Waals surface area contributed by atoms with Crippen LogP contribution in [-0.2, 0) is 35.4 Å². The van der Waals surface area contributed by atoms with E-state index >= 15 is 0 Å². The van der Waals surface area contributed by atoms with Crippen LogP contribution in [0.2, 0.25) is 0 Å². The van der Waals surface area contributed by atoms with E-state index in [0.29, 0.717) is 0 Å². The zero-order chi connectivity index (χ0) is 19.5. The third kappa shape index (κ3) is 83.1. The summed E-state index contributed by atoms with van der Waals surface area (Å²) in [4.78, 5) is 2.43. The van der Waals surface area contributed by atoms with Gasteiger partial charge in [0.2, 0.25) is 31.2 Å². The van der Waals surface area contributed by atoms with E-state index < -0.39 is 43.2 Å². The molecule has 15 nitrogen and oxygen atoms in total. The second kappa shape index (κ2) is 18.9. The summed E-state index contributed by atoms with van der Waals surface area (Å²) in [6.07, 6.45) is 0. The van der Waals surface area contributed by atoms with E-state index in [-0.39, 0.29) is 95.2 Å². The number of rotatable bonds is 5. The van der Waals surface area contributed by atoms with E-state index in [2.05, 4.69) is 28.1 Å². The Labute approximate surface area is 217 Å². The van der Waals surface area contributed by atoms with E-state index in [9.17, 15) is 13.0 Å². The van der Waals surface area contributed by atoms with Crippen molar-refractivity contribution < 1.29 is 141 Å². The van der Waals surface area contributed by atoms with Crippen molar-refractivity contribution in [1.29, 1.82) is 0 Å². The third-order valence-corrected chi connectivity index (χ3v) is 1.39. The minimum atomic E-state index is -4.92. The van der Waals surface area contributed by atoms with Gasteiger partial charge in [0.1, 0.15) is 0 Å². The van der Waals surface area contributed by atoms with Crippen LogP contribution in [0.15, 0.2) is 5.11 Å². The molecule has 0 aromatic carbocycles. The number of hydrogen-bond acceptors (Lipinski definition) is 11. The van der Waals surface area contributed by atoms with Gasteiger partial charge in [-0.2, -0.15) is 0 Å². The van der Waals surface area contributed by atoms with E-state index in [1.54, 1.807) is 0 Å². The minimum absolute atomic E-state index is 0. The van der Waals surface area contributed by atoms with Gasteiger partial charge in [0.15, 0.2) is 0 Å². The molecular formula is C5H10N3Na3O12S3-2. The number of azide groups is 1. The fourth-order valence-electron chi connectivity index (χ4n) is 0.424.